The maximum atomic E-state index is 12.7. The van der Waals surface area contributed by atoms with Crippen LogP contribution in [-0.2, 0) is 4.79 Å². The van der Waals surface area contributed by atoms with Gasteiger partial charge in [-0.1, -0.05) is 31.4 Å². The summed E-state index contributed by atoms with van der Waals surface area (Å²) in [6.45, 7) is 8.89. The number of hydrogen-bond acceptors (Lipinski definition) is 9. The van der Waals surface area contributed by atoms with E-state index in [1.54, 1.807) is 12.3 Å². The lowest BCUT2D eigenvalue weighted by atomic mass is 9.77. The molecule has 1 amide bonds. The molecule has 2 saturated heterocycles. The third kappa shape index (κ3) is 4.74. The largest absolute Gasteiger partial charge is 0.385 e. The summed E-state index contributed by atoms with van der Waals surface area (Å²) in [6.07, 6.45) is 14.9. The summed E-state index contributed by atoms with van der Waals surface area (Å²) >= 11 is 0. The molecule has 3 aliphatic heterocycles. The Morgan fingerprint density at radius 2 is 1.92 bits per heavy atom. The van der Waals surface area contributed by atoms with Gasteiger partial charge in [0.25, 0.3) is 0 Å². The van der Waals surface area contributed by atoms with Crippen molar-refractivity contribution >= 4 is 23.7 Å². The highest BCUT2D eigenvalue weighted by molar-refractivity contribution is 5.93. The standard InChI is InChI=1S/C26H39N9O/c1-18(2)33-12-14-34(15-13-33)22(28)9-8-21(27)31-25-29-16-19-6-7-20-24(36)30-17-26(10-4-3-5-11-26)35(20)23(19)32-25/h6-9,16,18,20H,3-5,10-15,17,27-28H2,1-2H3,(H,30,36)(H,29,31,32)/b21-8+,22-9+. The van der Waals surface area contributed by atoms with Crippen molar-refractivity contribution in [2.24, 2.45) is 11.5 Å². The molecule has 1 aromatic rings. The second kappa shape index (κ2) is 10.0. The maximum Gasteiger partial charge on any atom is 0.246 e. The van der Waals surface area contributed by atoms with Gasteiger partial charge in [-0.2, -0.15) is 4.98 Å². The zero-order chi connectivity index (χ0) is 25.3. The van der Waals surface area contributed by atoms with Gasteiger partial charge in [-0.25, -0.2) is 4.98 Å². The Morgan fingerprint density at radius 3 is 2.64 bits per heavy atom. The Morgan fingerprint density at radius 1 is 1.17 bits per heavy atom. The molecule has 1 atom stereocenters. The Kier molecular flexibility index (Phi) is 6.79. The van der Waals surface area contributed by atoms with E-state index in [4.69, 9.17) is 16.5 Å². The Balaban J connectivity index is 1.32. The van der Waals surface area contributed by atoms with Crippen molar-refractivity contribution in [1.29, 1.82) is 0 Å². The molecule has 3 fully saturated rings. The molecular formula is C26H39N9O. The van der Waals surface area contributed by atoms with Crippen LogP contribution in [0.5, 0.6) is 0 Å². The minimum Gasteiger partial charge on any atom is -0.385 e. The molecule has 0 aromatic carbocycles. The van der Waals surface area contributed by atoms with Crippen LogP contribution in [-0.4, -0.2) is 76.0 Å². The zero-order valence-corrected chi connectivity index (χ0v) is 21.4. The number of rotatable bonds is 5. The highest BCUT2D eigenvalue weighted by atomic mass is 16.2. The summed E-state index contributed by atoms with van der Waals surface area (Å²) in [5.41, 5.74) is 13.4. The Labute approximate surface area is 213 Å². The average Bonchev–Trinajstić information content (AvgIpc) is 2.89. The van der Waals surface area contributed by atoms with E-state index in [-0.39, 0.29) is 17.5 Å². The predicted molar refractivity (Wildman–Crippen MR) is 143 cm³/mol. The fraction of sp³-hybridized carbons (Fsp3) is 0.577. The van der Waals surface area contributed by atoms with Crippen molar-refractivity contribution in [3.63, 3.8) is 0 Å². The smallest absolute Gasteiger partial charge is 0.246 e. The number of allylic oxidation sites excluding steroid dienone is 2. The van der Waals surface area contributed by atoms with E-state index >= 15 is 0 Å². The third-order valence-corrected chi connectivity index (χ3v) is 8.02. The molecule has 1 aromatic heterocycles. The van der Waals surface area contributed by atoms with E-state index in [2.05, 4.69) is 44.2 Å². The fourth-order valence-corrected chi connectivity index (χ4v) is 5.91. The van der Waals surface area contributed by atoms with Crippen LogP contribution in [0.3, 0.4) is 0 Å². The lowest BCUT2D eigenvalue weighted by Gasteiger charge is -2.54. The van der Waals surface area contributed by atoms with Gasteiger partial charge in [-0.15, -0.1) is 0 Å². The minimum absolute atomic E-state index is 0.0236. The van der Waals surface area contributed by atoms with Crippen LogP contribution in [0, 0.1) is 0 Å². The first-order valence-corrected chi connectivity index (χ1v) is 13.2. The van der Waals surface area contributed by atoms with Crippen LogP contribution in [0.4, 0.5) is 11.8 Å². The van der Waals surface area contributed by atoms with Gasteiger partial charge in [-0.05, 0) is 38.8 Å². The maximum absolute atomic E-state index is 12.7. The molecule has 1 unspecified atom stereocenters. The van der Waals surface area contributed by atoms with Crippen LogP contribution >= 0.6 is 0 Å². The summed E-state index contributed by atoms with van der Waals surface area (Å²) in [5, 5.41) is 6.25. The molecule has 4 heterocycles. The number of nitrogens with two attached hydrogens (primary N) is 2. The van der Waals surface area contributed by atoms with Crippen LogP contribution in [0.2, 0.25) is 0 Å². The summed E-state index contributed by atoms with van der Waals surface area (Å²) < 4.78 is 0. The van der Waals surface area contributed by atoms with Crippen molar-refractivity contribution in [3.05, 3.63) is 41.6 Å². The van der Waals surface area contributed by atoms with Gasteiger partial charge < -0.3 is 31.9 Å². The van der Waals surface area contributed by atoms with Crippen molar-refractivity contribution in [1.82, 2.24) is 25.1 Å². The second-order valence-electron chi connectivity index (χ2n) is 10.6. The normalized spacial score (nSPS) is 24.5. The number of fused-ring (bicyclic) bond motifs is 4. The first kappa shape index (κ1) is 24.4. The first-order chi connectivity index (χ1) is 17.4. The van der Waals surface area contributed by atoms with Crippen molar-refractivity contribution < 1.29 is 4.79 Å². The van der Waals surface area contributed by atoms with Gasteiger partial charge in [0, 0.05) is 50.5 Å². The second-order valence-corrected chi connectivity index (χ2v) is 10.6. The summed E-state index contributed by atoms with van der Waals surface area (Å²) in [4.78, 5) is 28.9. The Hall–Kier alpha value is -3.27. The number of nitrogens with one attached hydrogen (secondary N) is 2. The van der Waals surface area contributed by atoms with Gasteiger partial charge in [0.05, 0.1) is 11.4 Å². The van der Waals surface area contributed by atoms with E-state index in [1.807, 2.05) is 18.2 Å². The summed E-state index contributed by atoms with van der Waals surface area (Å²) in [5.74, 6) is 2.33. The zero-order valence-electron chi connectivity index (χ0n) is 21.4. The van der Waals surface area contributed by atoms with Crippen molar-refractivity contribution in [2.75, 3.05) is 42.9 Å². The number of aromatic nitrogens is 2. The molecule has 10 heteroatoms. The fourth-order valence-electron chi connectivity index (χ4n) is 5.91. The first-order valence-electron chi connectivity index (χ1n) is 13.2. The van der Waals surface area contributed by atoms with E-state index in [0.717, 1.165) is 63.2 Å². The number of piperazine rings is 2. The lowest BCUT2D eigenvalue weighted by Crippen LogP contribution is -2.69. The minimum atomic E-state index is -0.348. The molecule has 10 nitrogen and oxygen atoms in total. The number of amides is 1. The molecule has 1 saturated carbocycles. The van der Waals surface area contributed by atoms with Crippen molar-refractivity contribution in [2.45, 2.75) is 63.6 Å². The number of hydrogen-bond donors (Lipinski definition) is 4. The van der Waals surface area contributed by atoms with E-state index in [9.17, 15) is 4.79 Å². The summed E-state index contributed by atoms with van der Waals surface area (Å²) in [7, 11) is 0. The van der Waals surface area contributed by atoms with E-state index in [0.29, 0.717) is 30.2 Å². The van der Waals surface area contributed by atoms with Crippen LogP contribution in [0.15, 0.2) is 36.1 Å². The van der Waals surface area contributed by atoms with Gasteiger partial charge in [-0.3, -0.25) is 9.69 Å². The van der Waals surface area contributed by atoms with E-state index < -0.39 is 0 Å². The molecule has 5 rings (SSSR count). The van der Waals surface area contributed by atoms with Gasteiger partial charge in [0.15, 0.2) is 0 Å². The van der Waals surface area contributed by atoms with Crippen LogP contribution in [0.25, 0.3) is 6.08 Å². The average molecular weight is 494 g/mol. The number of carbonyl (C=O) groups is 1. The number of anilines is 2. The highest BCUT2D eigenvalue weighted by Crippen LogP contribution is 2.42. The molecule has 36 heavy (non-hydrogen) atoms. The molecule has 0 radical (unpaired) electrons. The SMILES string of the molecule is CC(C)N1CCN(/C(N)=C/C=C(\N)Nc2ncc3c(n2)N2C(C=C3)C(=O)NCC23CCCCC3)CC1. The van der Waals surface area contributed by atoms with Gasteiger partial charge in [0.2, 0.25) is 11.9 Å². The third-order valence-electron chi connectivity index (χ3n) is 8.02. The monoisotopic (exact) mass is 493 g/mol. The van der Waals surface area contributed by atoms with E-state index in [1.165, 1.54) is 6.42 Å². The lowest BCUT2D eigenvalue weighted by molar-refractivity contribution is -0.123. The predicted octanol–water partition coefficient (Wildman–Crippen LogP) is 1.55. The molecule has 4 aliphatic rings. The molecule has 1 spiro atoms. The topological polar surface area (TPSA) is 129 Å². The van der Waals surface area contributed by atoms with Crippen LogP contribution in [0.1, 0.15) is 51.5 Å². The summed E-state index contributed by atoms with van der Waals surface area (Å²) in [6, 6.07) is 0.200. The van der Waals surface area contributed by atoms with Crippen molar-refractivity contribution in [3.8, 4) is 0 Å². The highest BCUT2D eigenvalue weighted by Gasteiger charge is 2.49. The number of nitrogens with zero attached hydrogens (tertiary/aromatic N) is 5. The quantitative estimate of drug-likeness (QED) is 0.452. The number of carbonyl (C=O) groups excluding carboxylic acids is 1. The molecule has 6 N–H and O–H groups in total. The van der Waals surface area contributed by atoms with Gasteiger partial charge >= 0.3 is 0 Å². The molecule has 1 aliphatic carbocycles. The van der Waals surface area contributed by atoms with Gasteiger partial charge in [0.1, 0.15) is 17.7 Å². The molecular weight excluding hydrogens is 454 g/mol. The Bertz CT molecular complexity index is 1070. The van der Waals surface area contributed by atoms with Crippen LogP contribution < -0.4 is 27.0 Å². The molecule has 194 valence electrons. The molecule has 0 bridgehead atoms.